The molecule has 0 rings (SSSR count). The molecule has 1 atom stereocenters. The molecule has 0 heterocycles. The fourth-order valence-electron chi connectivity index (χ4n) is 0.396. The fraction of sp³-hybridized carbons (Fsp3) is 0.571. The van der Waals surface area contributed by atoms with Gasteiger partial charge in [0.15, 0.2) is 0 Å². The molecule has 0 fully saturated rings. The van der Waals surface area contributed by atoms with Crippen LogP contribution in [0.5, 0.6) is 0 Å². The Morgan fingerprint density at radius 1 is 1.60 bits per heavy atom. The summed E-state index contributed by atoms with van der Waals surface area (Å²) in [6.45, 7) is 4.04. The van der Waals surface area contributed by atoms with Gasteiger partial charge in [0.25, 0.3) is 0 Å². The highest BCUT2D eigenvalue weighted by molar-refractivity contribution is 9.09. The van der Waals surface area contributed by atoms with E-state index in [9.17, 15) is 4.79 Å². The van der Waals surface area contributed by atoms with E-state index < -0.39 is 5.97 Å². The van der Waals surface area contributed by atoms with Gasteiger partial charge < -0.3 is 5.11 Å². The Morgan fingerprint density at radius 2 is 2.10 bits per heavy atom. The number of hydrogen-bond donors (Lipinski definition) is 1. The monoisotopic (exact) mass is 206 g/mol. The molecule has 0 aromatic carbocycles. The van der Waals surface area contributed by atoms with Crippen molar-refractivity contribution in [2.75, 3.05) is 0 Å². The van der Waals surface area contributed by atoms with Crippen molar-refractivity contribution in [3.8, 4) is 0 Å². The van der Waals surface area contributed by atoms with Gasteiger partial charge in [0.1, 0.15) is 0 Å². The number of alkyl halides is 1. The van der Waals surface area contributed by atoms with Crippen LogP contribution >= 0.6 is 15.9 Å². The molecule has 0 bridgehead atoms. The first-order valence-corrected chi connectivity index (χ1v) is 4.01. The number of rotatable bonds is 3. The second-order valence-electron chi connectivity index (χ2n) is 2.39. The van der Waals surface area contributed by atoms with Crippen molar-refractivity contribution in [1.82, 2.24) is 0 Å². The van der Waals surface area contributed by atoms with Gasteiger partial charge in [-0.3, -0.25) is 0 Å². The summed E-state index contributed by atoms with van der Waals surface area (Å²) in [4.78, 5) is 10.2. The number of allylic oxidation sites excluding steroid dienone is 1. The van der Waals surface area contributed by atoms with E-state index in [-0.39, 0.29) is 4.83 Å². The first kappa shape index (κ1) is 9.69. The van der Waals surface area contributed by atoms with Gasteiger partial charge in [0.05, 0.1) is 0 Å². The van der Waals surface area contributed by atoms with Crippen LogP contribution in [0.15, 0.2) is 12.2 Å². The van der Waals surface area contributed by atoms with Crippen molar-refractivity contribution >= 4 is 21.9 Å². The third kappa shape index (κ3) is 4.56. The zero-order valence-corrected chi connectivity index (χ0v) is 7.63. The molecule has 58 valence electrons. The van der Waals surface area contributed by atoms with E-state index in [1.54, 1.807) is 6.08 Å². The molecule has 0 saturated heterocycles. The highest BCUT2D eigenvalue weighted by Gasteiger charge is 2.03. The summed E-state index contributed by atoms with van der Waals surface area (Å²) in [6.07, 6.45) is 2.78. The Kier molecular flexibility index (Phi) is 4.36. The van der Waals surface area contributed by atoms with Crippen molar-refractivity contribution in [2.24, 2.45) is 5.92 Å². The van der Waals surface area contributed by atoms with Crippen LogP contribution in [0.2, 0.25) is 0 Å². The summed E-state index contributed by atoms with van der Waals surface area (Å²) in [7, 11) is 0. The quantitative estimate of drug-likeness (QED) is 0.568. The number of aliphatic carboxylic acids is 1. The average Bonchev–Trinajstić information content (AvgIpc) is 1.82. The molecule has 0 saturated carbocycles. The van der Waals surface area contributed by atoms with Crippen molar-refractivity contribution in [2.45, 2.75) is 18.7 Å². The lowest BCUT2D eigenvalue weighted by molar-refractivity contribution is -0.131. The van der Waals surface area contributed by atoms with Gasteiger partial charge in [0.2, 0.25) is 0 Å². The normalized spacial score (nSPS) is 14.4. The molecule has 10 heavy (non-hydrogen) atoms. The van der Waals surface area contributed by atoms with Gasteiger partial charge in [-0.1, -0.05) is 35.9 Å². The maximum Gasteiger partial charge on any atom is 0.328 e. The summed E-state index contributed by atoms with van der Waals surface area (Å²) in [5.74, 6) is -0.472. The molecular weight excluding hydrogens is 196 g/mol. The Labute approximate surface area is 69.1 Å². The van der Waals surface area contributed by atoms with E-state index in [2.05, 4.69) is 15.9 Å². The molecule has 0 amide bonds. The maximum absolute atomic E-state index is 10.0. The van der Waals surface area contributed by atoms with Crippen LogP contribution in [0.25, 0.3) is 0 Å². The van der Waals surface area contributed by atoms with Gasteiger partial charge in [-0.25, -0.2) is 4.79 Å². The van der Waals surface area contributed by atoms with Crippen molar-refractivity contribution in [3.05, 3.63) is 12.2 Å². The van der Waals surface area contributed by atoms with Crippen molar-refractivity contribution < 1.29 is 9.90 Å². The number of carbonyl (C=O) groups is 1. The minimum atomic E-state index is -0.898. The zero-order chi connectivity index (χ0) is 8.15. The molecule has 3 heteroatoms. The van der Waals surface area contributed by atoms with Gasteiger partial charge >= 0.3 is 5.97 Å². The van der Waals surface area contributed by atoms with E-state index in [1.807, 2.05) is 13.8 Å². The van der Waals surface area contributed by atoms with Crippen LogP contribution in [0.1, 0.15) is 13.8 Å². The molecule has 0 aromatic rings. The van der Waals surface area contributed by atoms with Gasteiger partial charge in [0, 0.05) is 10.9 Å². The van der Waals surface area contributed by atoms with Crippen LogP contribution < -0.4 is 0 Å². The third-order valence-electron chi connectivity index (χ3n) is 1.06. The summed E-state index contributed by atoms with van der Waals surface area (Å²) in [6, 6.07) is 0. The Morgan fingerprint density at radius 3 is 2.40 bits per heavy atom. The van der Waals surface area contributed by atoms with Crippen LogP contribution in [-0.2, 0) is 4.79 Å². The van der Waals surface area contributed by atoms with E-state index in [0.717, 1.165) is 6.08 Å². The molecule has 0 radical (unpaired) electrons. The van der Waals surface area contributed by atoms with Crippen LogP contribution in [0, 0.1) is 5.92 Å². The molecule has 0 aromatic heterocycles. The lowest BCUT2D eigenvalue weighted by Gasteiger charge is -2.06. The van der Waals surface area contributed by atoms with Gasteiger partial charge in [-0.05, 0) is 5.92 Å². The van der Waals surface area contributed by atoms with Crippen molar-refractivity contribution in [3.63, 3.8) is 0 Å². The zero-order valence-electron chi connectivity index (χ0n) is 6.04. The average molecular weight is 207 g/mol. The minimum Gasteiger partial charge on any atom is -0.478 e. The van der Waals surface area contributed by atoms with Gasteiger partial charge in [-0.15, -0.1) is 0 Å². The minimum absolute atomic E-state index is 0.156. The predicted octanol–water partition coefficient (Wildman–Crippen LogP) is 2.05. The molecular formula is C7H11BrO2. The summed E-state index contributed by atoms with van der Waals surface area (Å²) in [5, 5.41) is 8.24. The standard InChI is InChI=1S/C7H11BrO2/c1-5(2)6(8)3-4-7(9)10/h3-6H,1-2H3,(H,9,10)/b4-3+. The van der Waals surface area contributed by atoms with Gasteiger partial charge in [-0.2, -0.15) is 0 Å². The van der Waals surface area contributed by atoms with Crippen LogP contribution in [-0.4, -0.2) is 15.9 Å². The molecule has 0 spiro atoms. The summed E-state index contributed by atoms with van der Waals surface area (Å²) in [5.41, 5.74) is 0. The summed E-state index contributed by atoms with van der Waals surface area (Å²) >= 11 is 3.32. The number of halogens is 1. The third-order valence-corrected chi connectivity index (χ3v) is 2.42. The number of carboxylic acids is 1. The van der Waals surface area contributed by atoms with E-state index in [4.69, 9.17) is 5.11 Å². The first-order chi connectivity index (χ1) is 4.54. The first-order valence-electron chi connectivity index (χ1n) is 3.09. The van der Waals surface area contributed by atoms with Crippen LogP contribution in [0.3, 0.4) is 0 Å². The smallest absolute Gasteiger partial charge is 0.328 e. The van der Waals surface area contributed by atoms with E-state index in [1.165, 1.54) is 0 Å². The second-order valence-corrected chi connectivity index (χ2v) is 3.44. The molecule has 0 aliphatic carbocycles. The summed E-state index contributed by atoms with van der Waals surface area (Å²) < 4.78 is 0. The Hall–Kier alpha value is -0.310. The number of carboxylic acid groups (broad SMARTS) is 1. The Bertz CT molecular complexity index is 141. The topological polar surface area (TPSA) is 37.3 Å². The predicted molar refractivity (Wildman–Crippen MR) is 44.3 cm³/mol. The maximum atomic E-state index is 10.0. The molecule has 0 aliphatic rings. The SMILES string of the molecule is CC(C)C(Br)/C=C/C(=O)O. The largest absolute Gasteiger partial charge is 0.478 e. The highest BCUT2D eigenvalue weighted by Crippen LogP contribution is 2.12. The molecule has 0 aliphatic heterocycles. The molecule has 2 nitrogen and oxygen atoms in total. The van der Waals surface area contributed by atoms with E-state index in [0.29, 0.717) is 5.92 Å². The molecule has 1 unspecified atom stereocenters. The fourth-order valence-corrected chi connectivity index (χ4v) is 0.549. The van der Waals surface area contributed by atoms with Crippen LogP contribution in [0.4, 0.5) is 0 Å². The number of hydrogen-bond acceptors (Lipinski definition) is 1. The lowest BCUT2D eigenvalue weighted by atomic mass is 10.1. The molecule has 1 N–H and O–H groups in total. The highest BCUT2D eigenvalue weighted by atomic mass is 79.9. The van der Waals surface area contributed by atoms with Crippen molar-refractivity contribution in [1.29, 1.82) is 0 Å². The Balaban J connectivity index is 3.77. The lowest BCUT2D eigenvalue weighted by Crippen LogP contribution is -2.03. The second kappa shape index (κ2) is 4.50. The van der Waals surface area contributed by atoms with E-state index >= 15 is 0 Å².